The predicted molar refractivity (Wildman–Crippen MR) is 67.1 cm³/mol. The van der Waals surface area contributed by atoms with Gasteiger partial charge in [-0.2, -0.15) is 5.10 Å². The Bertz CT molecular complexity index is 755. The van der Waals surface area contributed by atoms with Crippen LogP contribution in [0.25, 0.3) is 20.3 Å². The number of aryl methyl sites for hydroxylation is 2. The van der Waals surface area contributed by atoms with E-state index in [1.807, 2.05) is 38.2 Å². The summed E-state index contributed by atoms with van der Waals surface area (Å²) in [6, 6.07) is 7.70. The maximum Gasteiger partial charge on any atom is 0.199 e. The fourth-order valence-electron chi connectivity index (χ4n) is 2.00. The summed E-state index contributed by atoms with van der Waals surface area (Å²) < 4.78 is 2.80. The Morgan fingerprint density at radius 3 is 2.88 bits per heavy atom. The average Bonchev–Trinajstić information content (AvgIpc) is 2.55. The molecule has 0 spiro atoms. The molecule has 2 aromatic heterocycles. The lowest BCUT2D eigenvalue weighted by atomic mass is 10.2. The average molecular weight is 230 g/mol. The van der Waals surface area contributed by atoms with Crippen LogP contribution in [0, 0.1) is 6.92 Å². The first kappa shape index (κ1) is 9.54. The Morgan fingerprint density at radius 1 is 1.31 bits per heavy atom. The van der Waals surface area contributed by atoms with Crippen LogP contribution in [0.2, 0.25) is 0 Å². The smallest absolute Gasteiger partial charge is 0.199 e. The Balaban J connectivity index is 2.69. The monoisotopic (exact) mass is 230 g/mol. The maximum absolute atomic E-state index is 12.3. The van der Waals surface area contributed by atoms with Crippen LogP contribution in [-0.4, -0.2) is 9.78 Å². The number of fused-ring (bicyclic) bond motifs is 2. The molecular formula is C12H10N2OS. The van der Waals surface area contributed by atoms with Gasteiger partial charge in [0.2, 0.25) is 0 Å². The van der Waals surface area contributed by atoms with Crippen LogP contribution in [0.3, 0.4) is 0 Å². The van der Waals surface area contributed by atoms with Crippen molar-refractivity contribution in [2.75, 3.05) is 0 Å². The molecule has 2 heterocycles. The Labute approximate surface area is 95.9 Å². The van der Waals surface area contributed by atoms with Gasteiger partial charge in [0.25, 0.3) is 0 Å². The summed E-state index contributed by atoms with van der Waals surface area (Å²) in [5, 5.41) is 5.84. The molecule has 1 aromatic carbocycles. The second-order valence-corrected chi connectivity index (χ2v) is 4.85. The third kappa shape index (κ3) is 1.13. The largest absolute Gasteiger partial charge is 0.288 e. The van der Waals surface area contributed by atoms with Gasteiger partial charge in [-0.3, -0.25) is 9.48 Å². The zero-order valence-corrected chi connectivity index (χ0v) is 9.84. The first-order chi connectivity index (χ1) is 7.68. The van der Waals surface area contributed by atoms with E-state index >= 15 is 0 Å². The molecule has 3 aromatic rings. The molecule has 0 saturated carbocycles. The Hall–Kier alpha value is -1.68. The number of hydrogen-bond donors (Lipinski definition) is 0. The van der Waals surface area contributed by atoms with E-state index in [1.54, 1.807) is 16.0 Å². The quantitative estimate of drug-likeness (QED) is 0.594. The maximum atomic E-state index is 12.3. The normalized spacial score (nSPS) is 11.4. The molecule has 0 aliphatic rings. The molecule has 0 unspecified atom stereocenters. The van der Waals surface area contributed by atoms with Crippen molar-refractivity contribution in [3.8, 4) is 0 Å². The SMILES string of the molecule is Cc1nn(C)c2sc3ccccc3c(=O)c12. The summed E-state index contributed by atoms with van der Waals surface area (Å²) in [6.45, 7) is 1.88. The van der Waals surface area contributed by atoms with Crippen molar-refractivity contribution in [3.05, 3.63) is 40.2 Å². The van der Waals surface area contributed by atoms with E-state index in [-0.39, 0.29) is 5.43 Å². The molecule has 0 bridgehead atoms. The van der Waals surface area contributed by atoms with Crippen molar-refractivity contribution < 1.29 is 0 Å². The van der Waals surface area contributed by atoms with E-state index in [0.29, 0.717) is 0 Å². The number of hydrogen-bond acceptors (Lipinski definition) is 3. The molecule has 16 heavy (non-hydrogen) atoms. The summed E-state index contributed by atoms with van der Waals surface area (Å²) in [5.74, 6) is 0. The van der Waals surface area contributed by atoms with Crippen molar-refractivity contribution in [2.45, 2.75) is 6.92 Å². The summed E-state index contributed by atoms with van der Waals surface area (Å²) >= 11 is 1.61. The van der Waals surface area contributed by atoms with Gasteiger partial charge in [0.1, 0.15) is 4.83 Å². The third-order valence-electron chi connectivity index (χ3n) is 2.73. The van der Waals surface area contributed by atoms with Crippen molar-refractivity contribution in [1.29, 1.82) is 0 Å². The van der Waals surface area contributed by atoms with Gasteiger partial charge in [0.15, 0.2) is 5.43 Å². The number of benzene rings is 1. The summed E-state index contributed by atoms with van der Waals surface area (Å²) in [5.41, 5.74) is 0.902. The molecule has 0 N–H and O–H groups in total. The number of aromatic nitrogens is 2. The van der Waals surface area contributed by atoms with E-state index in [1.165, 1.54) is 0 Å². The van der Waals surface area contributed by atoms with E-state index in [0.717, 1.165) is 26.0 Å². The molecule has 0 fully saturated rings. The lowest BCUT2D eigenvalue weighted by molar-refractivity contribution is 0.788. The van der Waals surface area contributed by atoms with Crippen molar-refractivity contribution in [3.63, 3.8) is 0 Å². The minimum atomic E-state index is 0.0925. The first-order valence-corrected chi connectivity index (χ1v) is 5.85. The van der Waals surface area contributed by atoms with Crippen LogP contribution in [0.4, 0.5) is 0 Å². The lowest BCUT2D eigenvalue weighted by Crippen LogP contribution is -2.01. The zero-order valence-electron chi connectivity index (χ0n) is 9.02. The standard InChI is InChI=1S/C12H10N2OS/c1-7-10-11(15)8-5-3-4-6-9(8)16-12(10)14(2)13-7/h3-6H,1-2H3. The molecule has 0 saturated heterocycles. The summed E-state index contributed by atoms with van der Waals surface area (Å²) in [4.78, 5) is 13.2. The molecule has 4 heteroatoms. The molecule has 0 amide bonds. The van der Waals surface area contributed by atoms with Crippen molar-refractivity contribution in [1.82, 2.24) is 9.78 Å². The van der Waals surface area contributed by atoms with Gasteiger partial charge in [0.05, 0.1) is 11.1 Å². The van der Waals surface area contributed by atoms with E-state index in [2.05, 4.69) is 5.10 Å². The van der Waals surface area contributed by atoms with Gasteiger partial charge in [-0.1, -0.05) is 12.1 Å². The van der Waals surface area contributed by atoms with Crippen molar-refractivity contribution in [2.24, 2.45) is 7.05 Å². The Morgan fingerprint density at radius 2 is 2.06 bits per heavy atom. The highest BCUT2D eigenvalue weighted by Gasteiger charge is 2.12. The van der Waals surface area contributed by atoms with Gasteiger partial charge in [-0.15, -0.1) is 11.3 Å². The molecule has 0 aliphatic heterocycles. The second kappa shape index (κ2) is 3.15. The predicted octanol–water partition coefficient (Wildman–Crippen LogP) is 2.46. The zero-order chi connectivity index (χ0) is 11.3. The fraction of sp³-hybridized carbons (Fsp3) is 0.167. The van der Waals surface area contributed by atoms with Crippen LogP contribution in [0.1, 0.15) is 5.69 Å². The van der Waals surface area contributed by atoms with E-state index < -0.39 is 0 Å². The minimum Gasteiger partial charge on any atom is -0.288 e. The van der Waals surface area contributed by atoms with Gasteiger partial charge < -0.3 is 0 Å². The van der Waals surface area contributed by atoms with E-state index in [9.17, 15) is 4.79 Å². The second-order valence-electron chi connectivity index (χ2n) is 3.82. The third-order valence-corrected chi connectivity index (χ3v) is 3.97. The molecule has 3 rings (SSSR count). The van der Waals surface area contributed by atoms with Crippen LogP contribution < -0.4 is 5.43 Å². The number of rotatable bonds is 0. The molecule has 3 nitrogen and oxygen atoms in total. The van der Waals surface area contributed by atoms with Gasteiger partial charge in [-0.25, -0.2) is 0 Å². The number of nitrogens with zero attached hydrogens (tertiary/aromatic N) is 2. The van der Waals surface area contributed by atoms with Crippen molar-refractivity contribution >= 4 is 31.6 Å². The highest BCUT2D eigenvalue weighted by atomic mass is 32.1. The highest BCUT2D eigenvalue weighted by molar-refractivity contribution is 7.24. The van der Waals surface area contributed by atoms with Gasteiger partial charge in [-0.05, 0) is 19.1 Å². The van der Waals surface area contributed by atoms with Crippen LogP contribution in [-0.2, 0) is 7.05 Å². The summed E-state index contributed by atoms with van der Waals surface area (Å²) in [7, 11) is 1.88. The minimum absolute atomic E-state index is 0.0925. The van der Waals surface area contributed by atoms with Crippen LogP contribution >= 0.6 is 11.3 Å². The molecule has 0 atom stereocenters. The molecular weight excluding hydrogens is 220 g/mol. The van der Waals surface area contributed by atoms with Crippen LogP contribution in [0.15, 0.2) is 29.1 Å². The first-order valence-electron chi connectivity index (χ1n) is 5.03. The topological polar surface area (TPSA) is 34.9 Å². The van der Waals surface area contributed by atoms with Gasteiger partial charge in [0, 0.05) is 17.1 Å². The lowest BCUT2D eigenvalue weighted by Gasteiger charge is -1.97. The molecule has 80 valence electrons. The fourth-order valence-corrected chi connectivity index (χ4v) is 3.14. The Kier molecular flexibility index (Phi) is 1.88. The van der Waals surface area contributed by atoms with Gasteiger partial charge >= 0.3 is 0 Å². The molecule has 0 radical (unpaired) electrons. The summed E-state index contributed by atoms with van der Waals surface area (Å²) in [6.07, 6.45) is 0. The highest BCUT2D eigenvalue weighted by Crippen LogP contribution is 2.25. The van der Waals surface area contributed by atoms with Crippen LogP contribution in [0.5, 0.6) is 0 Å². The van der Waals surface area contributed by atoms with E-state index in [4.69, 9.17) is 0 Å². The molecule has 0 aliphatic carbocycles.